The van der Waals surface area contributed by atoms with Gasteiger partial charge in [0.1, 0.15) is 11.3 Å². The Morgan fingerprint density at radius 2 is 2.11 bits per heavy atom. The van der Waals surface area contributed by atoms with E-state index >= 15 is 0 Å². The zero-order valence-electron chi connectivity index (χ0n) is 10.4. The fraction of sp³-hybridized carbons (Fsp3) is 0.417. The molecule has 0 atom stereocenters. The van der Waals surface area contributed by atoms with Crippen LogP contribution in [0.1, 0.15) is 20.8 Å². The third-order valence-electron chi connectivity index (χ3n) is 2.11. The van der Waals surface area contributed by atoms with Crippen molar-refractivity contribution in [2.45, 2.75) is 26.4 Å². The highest BCUT2D eigenvalue weighted by Crippen LogP contribution is 2.40. The molecule has 1 heterocycles. The smallest absolute Gasteiger partial charge is 0.412 e. The second-order valence-electron chi connectivity index (χ2n) is 4.78. The lowest BCUT2D eigenvalue weighted by molar-refractivity contribution is 0.0634. The van der Waals surface area contributed by atoms with Gasteiger partial charge in [0.25, 0.3) is 0 Å². The highest BCUT2D eigenvalue weighted by molar-refractivity contribution is 5.88. The Kier molecular flexibility index (Phi) is 3.02. The molecule has 0 unspecified atom stereocenters. The molecule has 0 spiro atoms. The van der Waals surface area contributed by atoms with Crippen molar-refractivity contribution in [2.75, 3.05) is 12.1 Å². The van der Waals surface area contributed by atoms with Gasteiger partial charge in [-0.2, -0.15) is 0 Å². The molecule has 0 saturated heterocycles. The molecular formula is C12H14FNO4. The van der Waals surface area contributed by atoms with E-state index in [1.807, 2.05) is 0 Å². The third kappa shape index (κ3) is 2.64. The van der Waals surface area contributed by atoms with Crippen LogP contribution in [0.2, 0.25) is 0 Å². The first-order chi connectivity index (χ1) is 8.37. The Labute approximate surface area is 104 Å². The average Bonchev–Trinajstić information content (AvgIpc) is 2.67. The van der Waals surface area contributed by atoms with Crippen molar-refractivity contribution < 1.29 is 23.4 Å². The van der Waals surface area contributed by atoms with Crippen LogP contribution in [0.4, 0.5) is 14.9 Å². The maximum absolute atomic E-state index is 13.6. The van der Waals surface area contributed by atoms with E-state index in [1.165, 1.54) is 12.1 Å². The van der Waals surface area contributed by atoms with Crippen LogP contribution in [0.5, 0.6) is 11.5 Å². The van der Waals surface area contributed by atoms with Crippen LogP contribution in [0.15, 0.2) is 12.1 Å². The fourth-order valence-electron chi connectivity index (χ4n) is 1.47. The Morgan fingerprint density at radius 1 is 1.39 bits per heavy atom. The number of nitrogens with one attached hydrogen (secondary N) is 1. The molecule has 0 aliphatic carbocycles. The third-order valence-corrected chi connectivity index (χ3v) is 2.11. The molecule has 0 saturated carbocycles. The van der Waals surface area contributed by atoms with E-state index in [-0.39, 0.29) is 18.2 Å². The summed E-state index contributed by atoms with van der Waals surface area (Å²) in [7, 11) is 0. The monoisotopic (exact) mass is 255 g/mol. The molecule has 0 bridgehead atoms. The Hall–Kier alpha value is -1.98. The van der Waals surface area contributed by atoms with Crippen molar-refractivity contribution in [3.8, 4) is 11.5 Å². The SMILES string of the molecule is CC(C)(C)OC(=O)Nc1c(F)ccc2c1OCO2. The van der Waals surface area contributed by atoms with Gasteiger partial charge in [0.05, 0.1) is 0 Å². The van der Waals surface area contributed by atoms with Gasteiger partial charge in [0.2, 0.25) is 6.79 Å². The summed E-state index contributed by atoms with van der Waals surface area (Å²) in [5.74, 6) is -0.0339. The molecule has 0 fully saturated rings. The van der Waals surface area contributed by atoms with E-state index in [2.05, 4.69) is 5.32 Å². The maximum atomic E-state index is 13.6. The molecule has 2 rings (SSSR count). The molecule has 98 valence electrons. The van der Waals surface area contributed by atoms with E-state index < -0.39 is 17.5 Å². The molecule has 0 aromatic heterocycles. The number of rotatable bonds is 1. The van der Waals surface area contributed by atoms with Gasteiger partial charge in [-0.25, -0.2) is 9.18 Å². The molecule has 0 radical (unpaired) electrons. The van der Waals surface area contributed by atoms with Crippen molar-refractivity contribution in [1.29, 1.82) is 0 Å². The number of anilines is 1. The molecular weight excluding hydrogens is 241 g/mol. The summed E-state index contributed by atoms with van der Waals surface area (Å²) in [6.45, 7) is 5.16. The summed E-state index contributed by atoms with van der Waals surface area (Å²) >= 11 is 0. The van der Waals surface area contributed by atoms with Crippen molar-refractivity contribution in [3.63, 3.8) is 0 Å². The minimum Gasteiger partial charge on any atom is -0.454 e. The number of amides is 1. The summed E-state index contributed by atoms with van der Waals surface area (Å²) < 4.78 is 28.9. The topological polar surface area (TPSA) is 56.8 Å². The van der Waals surface area contributed by atoms with Gasteiger partial charge in [-0.15, -0.1) is 0 Å². The van der Waals surface area contributed by atoms with Gasteiger partial charge in [0, 0.05) is 0 Å². The zero-order chi connectivity index (χ0) is 13.3. The summed E-state index contributed by atoms with van der Waals surface area (Å²) in [6, 6.07) is 2.64. The van der Waals surface area contributed by atoms with Gasteiger partial charge in [-0.05, 0) is 32.9 Å². The van der Waals surface area contributed by atoms with E-state index in [0.29, 0.717) is 5.75 Å². The normalized spacial score (nSPS) is 13.3. The van der Waals surface area contributed by atoms with Crippen molar-refractivity contribution in [1.82, 2.24) is 0 Å². The molecule has 6 heteroatoms. The van der Waals surface area contributed by atoms with Crippen molar-refractivity contribution >= 4 is 11.8 Å². The molecule has 18 heavy (non-hydrogen) atoms. The summed E-state index contributed by atoms with van der Waals surface area (Å²) in [5, 5.41) is 2.33. The Balaban J connectivity index is 2.19. The zero-order valence-corrected chi connectivity index (χ0v) is 10.4. The van der Waals surface area contributed by atoms with E-state index in [0.717, 1.165) is 0 Å². The van der Waals surface area contributed by atoms with E-state index in [4.69, 9.17) is 14.2 Å². The van der Waals surface area contributed by atoms with Crippen LogP contribution >= 0.6 is 0 Å². The number of hydrogen-bond acceptors (Lipinski definition) is 4. The second kappa shape index (κ2) is 4.36. The lowest BCUT2D eigenvalue weighted by Crippen LogP contribution is -2.27. The molecule has 1 aliphatic heterocycles. The van der Waals surface area contributed by atoms with Gasteiger partial charge < -0.3 is 14.2 Å². The number of carbonyl (C=O) groups excluding carboxylic acids is 1. The van der Waals surface area contributed by atoms with Gasteiger partial charge in [0.15, 0.2) is 17.3 Å². The fourth-order valence-corrected chi connectivity index (χ4v) is 1.47. The predicted octanol–water partition coefficient (Wildman–Crippen LogP) is 2.90. The molecule has 1 amide bonds. The molecule has 1 N–H and O–H groups in total. The average molecular weight is 255 g/mol. The van der Waals surface area contributed by atoms with Crippen molar-refractivity contribution in [3.05, 3.63) is 17.9 Å². The minimum absolute atomic E-state index is 0.00177. The largest absolute Gasteiger partial charge is 0.454 e. The highest BCUT2D eigenvalue weighted by Gasteiger charge is 2.24. The standard InChI is InChI=1S/C12H14FNO4/c1-12(2,3)18-11(15)14-9-7(13)4-5-8-10(9)17-6-16-8/h4-5H,6H2,1-3H3,(H,14,15). The second-order valence-corrected chi connectivity index (χ2v) is 4.78. The first-order valence-electron chi connectivity index (χ1n) is 5.45. The van der Waals surface area contributed by atoms with Crippen LogP contribution in [-0.4, -0.2) is 18.5 Å². The maximum Gasteiger partial charge on any atom is 0.412 e. The number of ether oxygens (including phenoxy) is 3. The molecule has 1 aromatic rings. The van der Waals surface area contributed by atoms with Gasteiger partial charge >= 0.3 is 6.09 Å². The molecule has 5 nitrogen and oxygen atoms in total. The quantitative estimate of drug-likeness (QED) is 0.838. The first kappa shape index (κ1) is 12.5. The first-order valence-corrected chi connectivity index (χ1v) is 5.45. The Morgan fingerprint density at radius 3 is 2.78 bits per heavy atom. The van der Waals surface area contributed by atoms with Crippen LogP contribution in [0.25, 0.3) is 0 Å². The number of benzene rings is 1. The van der Waals surface area contributed by atoms with Gasteiger partial charge in [-0.1, -0.05) is 0 Å². The van der Waals surface area contributed by atoms with Crippen LogP contribution < -0.4 is 14.8 Å². The summed E-state index contributed by atoms with van der Waals surface area (Å²) in [5.41, 5.74) is -0.727. The van der Waals surface area contributed by atoms with Crippen molar-refractivity contribution in [2.24, 2.45) is 0 Å². The van der Waals surface area contributed by atoms with Gasteiger partial charge in [-0.3, -0.25) is 5.32 Å². The highest BCUT2D eigenvalue weighted by atomic mass is 19.1. The number of hydrogen-bond donors (Lipinski definition) is 1. The number of fused-ring (bicyclic) bond motifs is 1. The van der Waals surface area contributed by atoms with E-state index in [9.17, 15) is 9.18 Å². The summed E-state index contributed by atoms with van der Waals surface area (Å²) in [6.07, 6.45) is -0.745. The van der Waals surface area contributed by atoms with E-state index in [1.54, 1.807) is 20.8 Å². The number of halogens is 1. The number of carbonyl (C=O) groups is 1. The summed E-state index contributed by atoms with van der Waals surface area (Å²) in [4.78, 5) is 11.6. The van der Waals surface area contributed by atoms with Crippen LogP contribution in [0.3, 0.4) is 0 Å². The lowest BCUT2D eigenvalue weighted by Gasteiger charge is -2.20. The van der Waals surface area contributed by atoms with Crippen LogP contribution in [-0.2, 0) is 4.74 Å². The molecule has 1 aromatic carbocycles. The van der Waals surface area contributed by atoms with Crippen LogP contribution in [0, 0.1) is 5.82 Å². The Bertz CT molecular complexity index is 482. The minimum atomic E-state index is -0.745. The predicted molar refractivity (Wildman–Crippen MR) is 62.4 cm³/mol. The molecule has 1 aliphatic rings. The lowest BCUT2D eigenvalue weighted by atomic mass is 10.2.